The fourth-order valence-corrected chi connectivity index (χ4v) is 2.76. The number of nitrogens with zero attached hydrogens (tertiary/aromatic N) is 2. The zero-order valence-electron chi connectivity index (χ0n) is 14.0. The summed E-state index contributed by atoms with van der Waals surface area (Å²) in [7, 11) is 0. The summed E-state index contributed by atoms with van der Waals surface area (Å²) < 4.78 is 0. The van der Waals surface area contributed by atoms with Gasteiger partial charge < -0.3 is 10.6 Å². The number of benzene rings is 1. The van der Waals surface area contributed by atoms with Crippen LogP contribution in [0.3, 0.4) is 0 Å². The van der Waals surface area contributed by atoms with Crippen molar-refractivity contribution in [2.45, 2.75) is 19.8 Å². The molecule has 2 rings (SSSR count). The summed E-state index contributed by atoms with van der Waals surface area (Å²) >= 11 is 0. The van der Waals surface area contributed by atoms with Gasteiger partial charge in [-0.3, -0.25) is 19.8 Å². The Morgan fingerprint density at radius 2 is 1.79 bits per heavy atom. The van der Waals surface area contributed by atoms with Crippen molar-refractivity contribution in [3.8, 4) is 0 Å². The maximum Gasteiger partial charge on any atom is 0.318 e. The molecular formula is C17H24N4O3. The predicted octanol–water partition coefficient (Wildman–Crippen LogP) is 0.267. The summed E-state index contributed by atoms with van der Waals surface area (Å²) in [5.41, 5.74) is 7.09. The molecule has 0 atom stereocenters. The Labute approximate surface area is 141 Å². The lowest BCUT2D eigenvalue weighted by Crippen LogP contribution is -2.50. The second-order valence-corrected chi connectivity index (χ2v) is 5.99. The molecule has 1 saturated heterocycles. The molecule has 1 heterocycles. The van der Waals surface area contributed by atoms with Gasteiger partial charge in [-0.05, 0) is 18.1 Å². The van der Waals surface area contributed by atoms with Gasteiger partial charge in [0.1, 0.15) is 0 Å². The molecule has 1 aromatic rings. The van der Waals surface area contributed by atoms with Crippen LogP contribution >= 0.6 is 0 Å². The van der Waals surface area contributed by atoms with E-state index in [0.29, 0.717) is 26.1 Å². The Kier molecular flexibility index (Phi) is 6.31. The first-order valence-corrected chi connectivity index (χ1v) is 8.09. The number of carbonyl (C=O) groups excluding carboxylic acids is 3. The van der Waals surface area contributed by atoms with Gasteiger partial charge in [-0.2, -0.15) is 0 Å². The molecule has 1 fully saturated rings. The van der Waals surface area contributed by atoms with E-state index in [9.17, 15) is 14.4 Å². The number of aryl methyl sites for hydroxylation is 1. The average molecular weight is 332 g/mol. The van der Waals surface area contributed by atoms with Crippen LogP contribution in [-0.2, 0) is 16.0 Å². The van der Waals surface area contributed by atoms with Crippen molar-refractivity contribution in [3.05, 3.63) is 35.4 Å². The third-order valence-electron chi connectivity index (χ3n) is 4.25. The van der Waals surface area contributed by atoms with E-state index in [2.05, 4.69) is 10.2 Å². The quantitative estimate of drug-likeness (QED) is 0.809. The zero-order chi connectivity index (χ0) is 17.5. The molecule has 1 aromatic carbocycles. The Morgan fingerprint density at radius 3 is 2.42 bits per heavy atom. The lowest BCUT2D eigenvalue weighted by atomic mass is 10.1. The highest BCUT2D eigenvalue weighted by molar-refractivity contribution is 5.93. The molecule has 7 heteroatoms. The van der Waals surface area contributed by atoms with Crippen molar-refractivity contribution in [1.82, 2.24) is 15.1 Å². The van der Waals surface area contributed by atoms with E-state index in [-0.39, 0.29) is 18.2 Å². The van der Waals surface area contributed by atoms with Crippen molar-refractivity contribution >= 4 is 17.8 Å². The summed E-state index contributed by atoms with van der Waals surface area (Å²) in [6, 6.07) is 7.09. The highest BCUT2D eigenvalue weighted by Gasteiger charge is 2.21. The highest BCUT2D eigenvalue weighted by atomic mass is 16.2. The normalized spacial score (nSPS) is 15.1. The van der Waals surface area contributed by atoms with Gasteiger partial charge in [0.25, 0.3) is 0 Å². The smallest absolute Gasteiger partial charge is 0.318 e. The van der Waals surface area contributed by atoms with E-state index in [1.54, 1.807) is 0 Å². The van der Waals surface area contributed by atoms with Gasteiger partial charge in [0.15, 0.2) is 0 Å². The first-order chi connectivity index (χ1) is 11.5. The van der Waals surface area contributed by atoms with Crippen LogP contribution in [0.15, 0.2) is 24.3 Å². The fourth-order valence-electron chi connectivity index (χ4n) is 2.76. The van der Waals surface area contributed by atoms with Crippen LogP contribution in [-0.4, -0.2) is 60.4 Å². The van der Waals surface area contributed by atoms with Crippen LogP contribution in [0.1, 0.15) is 17.5 Å². The monoisotopic (exact) mass is 332 g/mol. The third kappa shape index (κ3) is 5.34. The number of rotatable bonds is 5. The Bertz CT molecular complexity index is 610. The molecule has 0 spiro atoms. The third-order valence-corrected chi connectivity index (χ3v) is 4.25. The zero-order valence-corrected chi connectivity index (χ0v) is 14.0. The number of carbonyl (C=O) groups is 3. The number of hydrogen-bond acceptors (Lipinski definition) is 4. The maximum absolute atomic E-state index is 12.4. The number of urea groups is 1. The van der Waals surface area contributed by atoms with Crippen LogP contribution < -0.4 is 11.1 Å². The highest BCUT2D eigenvalue weighted by Crippen LogP contribution is 2.11. The lowest BCUT2D eigenvalue weighted by Gasteiger charge is -2.34. The van der Waals surface area contributed by atoms with Gasteiger partial charge in [-0.15, -0.1) is 0 Å². The van der Waals surface area contributed by atoms with Gasteiger partial charge in [-0.25, -0.2) is 4.79 Å². The van der Waals surface area contributed by atoms with Crippen LogP contribution in [0.2, 0.25) is 0 Å². The van der Waals surface area contributed by atoms with Gasteiger partial charge in [0.2, 0.25) is 11.8 Å². The van der Waals surface area contributed by atoms with Gasteiger partial charge in [0.05, 0.1) is 6.42 Å². The van der Waals surface area contributed by atoms with Crippen molar-refractivity contribution in [1.29, 1.82) is 0 Å². The van der Waals surface area contributed by atoms with E-state index < -0.39 is 6.03 Å². The molecule has 7 nitrogen and oxygen atoms in total. The second kappa shape index (κ2) is 8.44. The van der Waals surface area contributed by atoms with Crippen molar-refractivity contribution in [3.63, 3.8) is 0 Å². The fraction of sp³-hybridized carbons (Fsp3) is 0.471. The number of primary amides is 1. The lowest BCUT2D eigenvalue weighted by molar-refractivity contribution is -0.132. The van der Waals surface area contributed by atoms with E-state index in [4.69, 9.17) is 5.73 Å². The minimum atomic E-state index is -0.827. The number of amides is 4. The molecule has 0 aliphatic carbocycles. The van der Waals surface area contributed by atoms with Crippen LogP contribution in [0.5, 0.6) is 0 Å². The Balaban J connectivity index is 1.74. The number of imide groups is 1. The van der Waals surface area contributed by atoms with Crippen LogP contribution in [0.25, 0.3) is 0 Å². The molecule has 0 bridgehead atoms. The number of hydrogen-bond donors (Lipinski definition) is 2. The number of piperazine rings is 1. The summed E-state index contributed by atoms with van der Waals surface area (Å²) in [5, 5.41) is 2.05. The molecule has 1 aliphatic rings. The minimum Gasteiger partial charge on any atom is -0.351 e. The van der Waals surface area contributed by atoms with E-state index in [1.807, 2.05) is 36.1 Å². The van der Waals surface area contributed by atoms with Gasteiger partial charge in [-0.1, -0.05) is 24.3 Å². The van der Waals surface area contributed by atoms with Gasteiger partial charge in [0, 0.05) is 39.1 Å². The molecule has 130 valence electrons. The summed E-state index contributed by atoms with van der Waals surface area (Å²) in [4.78, 5) is 38.4. The van der Waals surface area contributed by atoms with Crippen LogP contribution in [0.4, 0.5) is 4.79 Å². The number of nitrogens with two attached hydrogens (primary N) is 1. The summed E-state index contributed by atoms with van der Waals surface area (Å²) in [6.07, 6.45) is 0.647. The first-order valence-electron chi connectivity index (χ1n) is 8.09. The Morgan fingerprint density at radius 1 is 1.12 bits per heavy atom. The van der Waals surface area contributed by atoms with E-state index >= 15 is 0 Å². The molecule has 0 radical (unpaired) electrons. The van der Waals surface area contributed by atoms with Crippen molar-refractivity contribution in [2.75, 3.05) is 32.7 Å². The SMILES string of the molecule is Cc1ccccc1CC(=O)N1CCN(CCC(=O)NC(N)=O)CC1. The molecule has 4 amide bonds. The van der Waals surface area contributed by atoms with Crippen molar-refractivity contribution < 1.29 is 14.4 Å². The standard InChI is InChI=1S/C17H24N4O3/c1-13-4-2-3-5-14(13)12-16(23)21-10-8-20(9-11-21)7-6-15(22)19-17(18)24/h2-5H,6-12H2,1H3,(H3,18,19,22,24). The minimum absolute atomic E-state index is 0.135. The second-order valence-electron chi connectivity index (χ2n) is 5.99. The Hall–Kier alpha value is -2.41. The largest absolute Gasteiger partial charge is 0.351 e. The molecule has 0 aromatic heterocycles. The maximum atomic E-state index is 12.4. The van der Waals surface area contributed by atoms with Gasteiger partial charge >= 0.3 is 6.03 Å². The first kappa shape index (κ1) is 17.9. The molecule has 0 unspecified atom stereocenters. The number of nitrogens with one attached hydrogen (secondary N) is 1. The topological polar surface area (TPSA) is 95.7 Å². The molecule has 24 heavy (non-hydrogen) atoms. The molecule has 1 aliphatic heterocycles. The predicted molar refractivity (Wildman–Crippen MR) is 90.2 cm³/mol. The summed E-state index contributed by atoms with van der Waals surface area (Å²) in [6.45, 7) is 5.33. The average Bonchev–Trinajstić information content (AvgIpc) is 2.55. The van der Waals surface area contributed by atoms with E-state index in [1.165, 1.54) is 0 Å². The molecule has 3 N–H and O–H groups in total. The van der Waals surface area contributed by atoms with Crippen molar-refractivity contribution in [2.24, 2.45) is 5.73 Å². The van der Waals surface area contributed by atoms with E-state index in [0.717, 1.165) is 24.2 Å². The molecule has 0 saturated carbocycles. The molecular weight excluding hydrogens is 308 g/mol. The summed E-state index contributed by atoms with van der Waals surface area (Å²) in [5.74, 6) is -0.240. The van der Waals surface area contributed by atoms with Crippen LogP contribution in [0, 0.1) is 6.92 Å².